The highest BCUT2D eigenvalue weighted by atomic mass is 16.1. The Morgan fingerprint density at radius 3 is 2.80 bits per heavy atom. The van der Waals surface area contributed by atoms with Gasteiger partial charge in [-0.25, -0.2) is 4.98 Å². The molecule has 0 atom stereocenters. The van der Waals surface area contributed by atoms with Crippen LogP contribution in [-0.2, 0) is 4.79 Å². The zero-order valence-corrected chi connectivity index (χ0v) is 12.2. The fourth-order valence-electron chi connectivity index (χ4n) is 1.95. The van der Waals surface area contributed by atoms with Crippen LogP contribution in [0.1, 0.15) is 19.4 Å². The van der Waals surface area contributed by atoms with E-state index in [4.69, 9.17) is 0 Å². The first-order valence-corrected chi connectivity index (χ1v) is 6.93. The minimum Gasteiger partial charge on any atom is -0.361 e. The number of anilines is 1. The summed E-state index contributed by atoms with van der Waals surface area (Å²) in [5.41, 5.74) is 1.98. The van der Waals surface area contributed by atoms with Crippen LogP contribution < -0.4 is 10.6 Å². The van der Waals surface area contributed by atoms with Gasteiger partial charge >= 0.3 is 0 Å². The first kappa shape index (κ1) is 14.3. The number of fused-ring (bicyclic) bond motifs is 1. The van der Waals surface area contributed by atoms with E-state index < -0.39 is 0 Å². The van der Waals surface area contributed by atoms with E-state index in [1.807, 2.05) is 31.2 Å². The monoisotopic (exact) mass is 271 g/mol. The van der Waals surface area contributed by atoms with Crippen LogP contribution in [0.2, 0.25) is 0 Å². The summed E-state index contributed by atoms with van der Waals surface area (Å²) in [6, 6.07) is 10.0. The number of aryl methyl sites for hydroxylation is 1. The van der Waals surface area contributed by atoms with Crippen molar-refractivity contribution in [3.05, 3.63) is 35.9 Å². The molecular formula is C16H21N3O. The van der Waals surface area contributed by atoms with Crippen molar-refractivity contribution in [3.8, 4) is 0 Å². The number of nitrogens with one attached hydrogen (secondary N) is 2. The second kappa shape index (κ2) is 6.37. The maximum absolute atomic E-state index is 11.7. The molecule has 0 bridgehead atoms. The third-order valence-electron chi connectivity index (χ3n) is 3.04. The molecule has 20 heavy (non-hydrogen) atoms. The number of amides is 1. The Morgan fingerprint density at radius 2 is 2.05 bits per heavy atom. The number of hydrogen-bond acceptors (Lipinski definition) is 3. The van der Waals surface area contributed by atoms with Gasteiger partial charge in [0.05, 0.1) is 12.1 Å². The van der Waals surface area contributed by atoms with Crippen molar-refractivity contribution in [2.45, 2.75) is 20.8 Å². The molecule has 0 spiro atoms. The second-order valence-corrected chi connectivity index (χ2v) is 5.40. The maximum Gasteiger partial charge on any atom is 0.239 e. The molecule has 2 rings (SSSR count). The number of benzene rings is 1. The lowest BCUT2D eigenvalue weighted by atomic mass is 10.1. The molecule has 0 saturated heterocycles. The van der Waals surface area contributed by atoms with Gasteiger partial charge in [0, 0.05) is 11.9 Å². The first-order valence-electron chi connectivity index (χ1n) is 6.93. The van der Waals surface area contributed by atoms with E-state index >= 15 is 0 Å². The average molecular weight is 271 g/mol. The van der Waals surface area contributed by atoms with Crippen LogP contribution in [-0.4, -0.2) is 24.0 Å². The Hall–Kier alpha value is -2.10. The Kier molecular flexibility index (Phi) is 4.56. The van der Waals surface area contributed by atoms with Crippen LogP contribution >= 0.6 is 0 Å². The number of para-hydroxylation sites is 1. The van der Waals surface area contributed by atoms with Crippen molar-refractivity contribution in [3.63, 3.8) is 0 Å². The van der Waals surface area contributed by atoms with E-state index in [0.29, 0.717) is 12.5 Å². The molecule has 0 unspecified atom stereocenters. The normalized spacial score (nSPS) is 10.8. The van der Waals surface area contributed by atoms with Gasteiger partial charge in [0.15, 0.2) is 0 Å². The van der Waals surface area contributed by atoms with Crippen LogP contribution in [0.15, 0.2) is 30.3 Å². The van der Waals surface area contributed by atoms with Crippen LogP contribution in [0.25, 0.3) is 10.9 Å². The van der Waals surface area contributed by atoms with E-state index in [-0.39, 0.29) is 12.5 Å². The largest absolute Gasteiger partial charge is 0.361 e. The number of pyridine rings is 1. The molecule has 1 heterocycles. The Labute approximate surface area is 119 Å². The third-order valence-corrected chi connectivity index (χ3v) is 3.04. The predicted molar refractivity (Wildman–Crippen MR) is 82.8 cm³/mol. The quantitative estimate of drug-likeness (QED) is 0.879. The molecule has 0 radical (unpaired) electrons. The molecule has 0 aliphatic carbocycles. The summed E-state index contributed by atoms with van der Waals surface area (Å²) in [6.45, 7) is 7.09. The van der Waals surface area contributed by atoms with E-state index in [0.717, 1.165) is 22.3 Å². The predicted octanol–water partition coefficient (Wildman–Crippen LogP) is 2.73. The van der Waals surface area contributed by atoms with Gasteiger partial charge in [0.2, 0.25) is 5.91 Å². The van der Waals surface area contributed by atoms with E-state index in [2.05, 4.69) is 35.5 Å². The molecule has 2 N–H and O–H groups in total. The van der Waals surface area contributed by atoms with Gasteiger partial charge in [-0.05, 0) is 30.5 Å². The lowest BCUT2D eigenvalue weighted by Crippen LogP contribution is -2.32. The van der Waals surface area contributed by atoms with Crippen LogP contribution in [0, 0.1) is 12.8 Å². The molecular weight excluding hydrogens is 250 g/mol. The van der Waals surface area contributed by atoms with Crippen molar-refractivity contribution in [2.24, 2.45) is 5.92 Å². The molecule has 1 aromatic carbocycles. The summed E-state index contributed by atoms with van der Waals surface area (Å²) in [5.74, 6) is 1.22. The molecule has 0 saturated carbocycles. The maximum atomic E-state index is 11.7. The van der Waals surface area contributed by atoms with Crippen molar-refractivity contribution >= 4 is 22.6 Å². The SMILES string of the molecule is Cc1cc2ccccc2nc1NCC(=O)NCC(C)C. The molecule has 0 aliphatic heterocycles. The topological polar surface area (TPSA) is 54.0 Å². The summed E-state index contributed by atoms with van der Waals surface area (Å²) in [5, 5.41) is 7.10. The fourth-order valence-corrected chi connectivity index (χ4v) is 1.95. The molecule has 4 heteroatoms. The van der Waals surface area contributed by atoms with Crippen molar-refractivity contribution in [1.82, 2.24) is 10.3 Å². The number of aromatic nitrogens is 1. The van der Waals surface area contributed by atoms with E-state index in [1.54, 1.807) is 0 Å². The molecule has 1 aromatic heterocycles. The summed E-state index contributed by atoms with van der Waals surface area (Å²) in [7, 11) is 0. The molecule has 4 nitrogen and oxygen atoms in total. The van der Waals surface area contributed by atoms with Crippen molar-refractivity contribution < 1.29 is 4.79 Å². The molecule has 2 aromatic rings. The zero-order chi connectivity index (χ0) is 14.5. The highest BCUT2D eigenvalue weighted by Crippen LogP contribution is 2.19. The van der Waals surface area contributed by atoms with Crippen LogP contribution in [0.3, 0.4) is 0 Å². The van der Waals surface area contributed by atoms with E-state index in [9.17, 15) is 4.79 Å². The molecule has 106 valence electrons. The van der Waals surface area contributed by atoms with Crippen LogP contribution in [0.4, 0.5) is 5.82 Å². The fraction of sp³-hybridized carbons (Fsp3) is 0.375. The van der Waals surface area contributed by atoms with Gasteiger partial charge < -0.3 is 10.6 Å². The minimum atomic E-state index is -0.00643. The minimum absolute atomic E-state index is 0.00643. The van der Waals surface area contributed by atoms with E-state index in [1.165, 1.54) is 0 Å². The zero-order valence-electron chi connectivity index (χ0n) is 12.2. The average Bonchev–Trinajstić information content (AvgIpc) is 2.42. The lowest BCUT2D eigenvalue weighted by molar-refractivity contribution is -0.119. The summed E-state index contributed by atoms with van der Waals surface area (Å²) >= 11 is 0. The number of rotatable bonds is 5. The summed E-state index contributed by atoms with van der Waals surface area (Å²) in [6.07, 6.45) is 0. The van der Waals surface area contributed by atoms with Crippen LogP contribution in [0.5, 0.6) is 0 Å². The van der Waals surface area contributed by atoms with Crippen molar-refractivity contribution in [1.29, 1.82) is 0 Å². The highest BCUT2D eigenvalue weighted by Gasteiger charge is 2.06. The molecule has 0 aliphatic rings. The Bertz CT molecular complexity index is 608. The first-order chi connectivity index (χ1) is 9.56. The Morgan fingerprint density at radius 1 is 1.30 bits per heavy atom. The lowest BCUT2D eigenvalue weighted by Gasteiger charge is -2.11. The summed E-state index contributed by atoms with van der Waals surface area (Å²) in [4.78, 5) is 16.2. The van der Waals surface area contributed by atoms with Gasteiger partial charge in [-0.1, -0.05) is 32.0 Å². The van der Waals surface area contributed by atoms with Gasteiger partial charge in [-0.15, -0.1) is 0 Å². The number of hydrogen-bond donors (Lipinski definition) is 2. The van der Waals surface area contributed by atoms with Gasteiger partial charge in [0.1, 0.15) is 5.82 Å². The molecule has 1 amide bonds. The Balaban J connectivity index is 2.02. The number of carbonyl (C=O) groups excluding carboxylic acids is 1. The van der Waals surface area contributed by atoms with Gasteiger partial charge in [0.25, 0.3) is 0 Å². The summed E-state index contributed by atoms with van der Waals surface area (Å²) < 4.78 is 0. The van der Waals surface area contributed by atoms with Gasteiger partial charge in [-0.3, -0.25) is 4.79 Å². The highest BCUT2D eigenvalue weighted by molar-refractivity contribution is 5.83. The number of nitrogens with zero attached hydrogens (tertiary/aromatic N) is 1. The molecule has 0 fully saturated rings. The smallest absolute Gasteiger partial charge is 0.239 e. The standard InChI is InChI=1S/C16H21N3O/c1-11(2)9-17-15(20)10-18-16-12(3)8-13-6-4-5-7-14(13)19-16/h4-8,11H,9-10H2,1-3H3,(H,17,20)(H,18,19). The number of carbonyl (C=O) groups is 1. The van der Waals surface area contributed by atoms with Gasteiger partial charge in [-0.2, -0.15) is 0 Å². The second-order valence-electron chi connectivity index (χ2n) is 5.40. The van der Waals surface area contributed by atoms with Crippen molar-refractivity contribution in [2.75, 3.05) is 18.4 Å². The third kappa shape index (κ3) is 3.70.